The van der Waals surface area contributed by atoms with Crippen molar-refractivity contribution in [3.63, 3.8) is 0 Å². The van der Waals surface area contributed by atoms with Gasteiger partial charge >= 0.3 is 0 Å². The van der Waals surface area contributed by atoms with E-state index in [4.69, 9.17) is 11.5 Å². The van der Waals surface area contributed by atoms with Gasteiger partial charge in [-0.1, -0.05) is 60.7 Å². The normalized spacial score (nSPS) is 12.5. The van der Waals surface area contributed by atoms with E-state index in [9.17, 15) is 25.9 Å². The molecule has 6 aromatic carbocycles. The number of thioether (sulfide) groups is 1. The summed E-state index contributed by atoms with van der Waals surface area (Å²) < 4.78 is 68.1. The first-order chi connectivity index (χ1) is 23.8. The molecule has 6 N–H and O–H groups in total. The van der Waals surface area contributed by atoms with Gasteiger partial charge in [0.15, 0.2) is 0 Å². The van der Waals surface area contributed by atoms with Crippen molar-refractivity contribution in [2.75, 3.05) is 17.7 Å². The van der Waals surface area contributed by atoms with E-state index < -0.39 is 20.2 Å². The molecule has 0 aliphatic carbocycles. The maximum atomic E-state index is 12.1. The molecule has 6 rings (SSSR count). The molecule has 0 saturated heterocycles. The number of rotatable bonds is 9. The highest BCUT2D eigenvalue weighted by Gasteiger charge is 2.20. The summed E-state index contributed by atoms with van der Waals surface area (Å²) in [6.45, 7) is 0. The van der Waals surface area contributed by atoms with Gasteiger partial charge in [0.2, 0.25) is 0 Å². The monoisotopic (exact) mass is 744 g/mol. The molecule has 0 spiro atoms. The number of hydrogen-bond acceptors (Lipinski definition) is 12. The third-order valence-corrected chi connectivity index (χ3v) is 10.8. The van der Waals surface area contributed by atoms with Gasteiger partial charge in [-0.15, -0.1) is 27.1 Å². The lowest BCUT2D eigenvalue weighted by Crippen LogP contribution is -2.01. The van der Waals surface area contributed by atoms with E-state index in [1.54, 1.807) is 60.7 Å². The average Bonchev–Trinajstić information content (AvgIpc) is 3.10. The maximum absolute atomic E-state index is 12.1. The molecular formula is C34H28N6O6S4. The molecule has 0 fully saturated rings. The minimum Gasteiger partial charge on any atom is -0.396 e. The molecule has 0 unspecified atom stereocenters. The second kappa shape index (κ2) is 13.8. The fourth-order valence-electron chi connectivity index (χ4n) is 5.44. The van der Waals surface area contributed by atoms with E-state index in [1.807, 2.05) is 30.5 Å². The van der Waals surface area contributed by atoms with E-state index in [-0.39, 0.29) is 43.3 Å². The Labute approximate surface area is 297 Å². The number of nitrogen functional groups attached to an aromatic ring is 2. The summed E-state index contributed by atoms with van der Waals surface area (Å²) >= 11 is 5.92. The van der Waals surface area contributed by atoms with Crippen LogP contribution in [0.25, 0.3) is 32.7 Å². The van der Waals surface area contributed by atoms with Crippen LogP contribution < -0.4 is 11.5 Å². The van der Waals surface area contributed by atoms with E-state index in [0.29, 0.717) is 27.9 Å². The number of azo groups is 2. The quantitative estimate of drug-likeness (QED) is 0.0313. The predicted molar refractivity (Wildman–Crippen MR) is 201 cm³/mol. The smallest absolute Gasteiger partial charge is 0.295 e. The highest BCUT2D eigenvalue weighted by atomic mass is 32.2. The van der Waals surface area contributed by atoms with Crippen molar-refractivity contribution in [2.24, 2.45) is 20.5 Å². The van der Waals surface area contributed by atoms with E-state index in [2.05, 4.69) is 33.1 Å². The van der Waals surface area contributed by atoms with Crippen molar-refractivity contribution in [3.05, 3.63) is 103 Å². The van der Waals surface area contributed by atoms with Gasteiger partial charge in [-0.05, 0) is 59.3 Å². The van der Waals surface area contributed by atoms with E-state index in [1.165, 1.54) is 23.9 Å². The molecule has 0 amide bonds. The Balaban J connectivity index is 1.32. The molecule has 0 aliphatic rings. The SMILES string of the molecule is CSc1cc(-c2ccc(N=Nc3cc(S(=O)(=O)O)c4ccccc4c3N)c(CS)c2)ccc1N=Nc1cc(S(=O)(=O)O)c2ccccc2c1N. The molecule has 0 aromatic heterocycles. The lowest BCUT2D eigenvalue weighted by molar-refractivity contribution is 0.482. The predicted octanol–water partition coefficient (Wildman–Crippen LogP) is 9.30. The number of fused-ring (bicyclic) bond motifs is 2. The van der Waals surface area contributed by atoms with Crippen molar-refractivity contribution >= 4 is 100 Å². The van der Waals surface area contributed by atoms with Gasteiger partial charge < -0.3 is 11.5 Å². The first kappa shape index (κ1) is 35.0. The Hall–Kier alpha value is -4.84. The lowest BCUT2D eigenvalue weighted by Gasteiger charge is -2.11. The number of hydrogen-bond donors (Lipinski definition) is 5. The molecular weight excluding hydrogens is 717 g/mol. The molecule has 0 heterocycles. The summed E-state index contributed by atoms with van der Waals surface area (Å²) in [6, 6.07) is 26.5. The molecule has 50 heavy (non-hydrogen) atoms. The van der Waals surface area contributed by atoms with Crippen LogP contribution in [-0.2, 0) is 26.0 Å². The summed E-state index contributed by atoms with van der Waals surface area (Å²) in [7, 11) is -9.13. The van der Waals surface area contributed by atoms with Crippen LogP contribution in [0.1, 0.15) is 5.56 Å². The second-order valence-electron chi connectivity index (χ2n) is 10.9. The number of anilines is 2. The molecule has 6 aromatic rings. The van der Waals surface area contributed by atoms with Crippen LogP contribution in [0.2, 0.25) is 0 Å². The van der Waals surface area contributed by atoms with Crippen LogP contribution in [0.15, 0.2) is 132 Å². The highest BCUT2D eigenvalue weighted by Crippen LogP contribution is 2.40. The molecule has 12 nitrogen and oxygen atoms in total. The van der Waals surface area contributed by atoms with Crippen LogP contribution in [0, 0.1) is 0 Å². The van der Waals surface area contributed by atoms with Gasteiger partial charge in [0, 0.05) is 32.2 Å². The van der Waals surface area contributed by atoms with Gasteiger partial charge in [-0.2, -0.15) is 34.6 Å². The first-order valence-corrected chi connectivity index (χ1v) is 19.4. The Bertz CT molecular complexity index is 2430. The minimum absolute atomic E-state index is 0.0829. The van der Waals surface area contributed by atoms with Crippen molar-refractivity contribution < 1.29 is 25.9 Å². The Kier molecular flexibility index (Phi) is 9.67. The standard InChI is InChI=1S/C34H28N6O6S4/c1-48-30-15-20(11-13-27(30)38-40-29-17-32(50(44,45)46)23-7-3-5-9-25(23)34(29)36)19-10-12-26(21(14-19)18-47)37-39-28-16-31(49(41,42)43)22-6-2-4-8-24(22)33(28)35/h2-17,47H,18,35-36H2,1H3,(H,41,42,43)(H,44,45,46). The largest absolute Gasteiger partial charge is 0.396 e. The molecule has 0 bridgehead atoms. The lowest BCUT2D eigenvalue weighted by atomic mass is 10.0. The van der Waals surface area contributed by atoms with Gasteiger partial charge in [-0.25, -0.2) is 0 Å². The van der Waals surface area contributed by atoms with Gasteiger partial charge in [0.05, 0.1) is 22.7 Å². The third-order valence-electron chi connectivity index (χ3n) is 7.90. The van der Waals surface area contributed by atoms with Crippen LogP contribution in [-0.4, -0.2) is 32.2 Å². The summed E-state index contributed by atoms with van der Waals surface area (Å²) in [5.41, 5.74) is 16.7. The fraction of sp³-hybridized carbons (Fsp3) is 0.0588. The summed E-state index contributed by atoms with van der Waals surface area (Å²) in [6.07, 6.45) is 1.88. The zero-order valence-corrected chi connectivity index (χ0v) is 29.4. The topological polar surface area (TPSA) is 210 Å². The van der Waals surface area contributed by atoms with Crippen LogP contribution in [0.3, 0.4) is 0 Å². The molecule has 0 aliphatic heterocycles. The molecule has 254 valence electrons. The Morgan fingerprint density at radius 1 is 0.600 bits per heavy atom. The number of nitrogens with zero attached hydrogens (tertiary/aromatic N) is 4. The maximum Gasteiger partial charge on any atom is 0.295 e. The van der Waals surface area contributed by atoms with Crippen LogP contribution in [0.5, 0.6) is 0 Å². The summed E-state index contributed by atoms with van der Waals surface area (Å²) in [5, 5.41) is 18.6. The summed E-state index contributed by atoms with van der Waals surface area (Å²) in [4.78, 5) is 0.138. The third kappa shape index (κ3) is 6.94. The number of nitrogens with two attached hydrogens (primary N) is 2. The number of benzene rings is 6. The second-order valence-corrected chi connectivity index (χ2v) is 14.9. The van der Waals surface area contributed by atoms with Gasteiger partial charge in [0.25, 0.3) is 20.2 Å². The van der Waals surface area contributed by atoms with Crippen molar-refractivity contribution in [1.82, 2.24) is 0 Å². The Morgan fingerprint density at radius 3 is 1.48 bits per heavy atom. The van der Waals surface area contributed by atoms with Crippen LogP contribution >= 0.6 is 24.4 Å². The molecule has 0 radical (unpaired) electrons. The molecule has 16 heteroatoms. The molecule has 0 saturated carbocycles. The molecule has 0 atom stereocenters. The average molecular weight is 745 g/mol. The van der Waals surface area contributed by atoms with Crippen LogP contribution in [0.4, 0.5) is 34.1 Å². The van der Waals surface area contributed by atoms with E-state index in [0.717, 1.165) is 21.6 Å². The van der Waals surface area contributed by atoms with E-state index >= 15 is 0 Å². The summed E-state index contributed by atoms with van der Waals surface area (Å²) in [5.74, 6) is 0.312. The zero-order valence-electron chi connectivity index (χ0n) is 26.1. The van der Waals surface area contributed by atoms with Gasteiger partial charge in [0.1, 0.15) is 21.2 Å². The van der Waals surface area contributed by atoms with Crippen molar-refractivity contribution in [1.29, 1.82) is 0 Å². The zero-order chi connectivity index (χ0) is 35.8. The number of thiol groups is 1. The van der Waals surface area contributed by atoms with Crippen molar-refractivity contribution in [2.45, 2.75) is 20.4 Å². The first-order valence-electron chi connectivity index (χ1n) is 14.6. The van der Waals surface area contributed by atoms with Gasteiger partial charge in [-0.3, -0.25) is 9.11 Å². The minimum atomic E-state index is -4.57. The fourth-order valence-corrected chi connectivity index (χ4v) is 7.69. The van der Waals surface area contributed by atoms with Crippen molar-refractivity contribution in [3.8, 4) is 11.1 Å². The highest BCUT2D eigenvalue weighted by molar-refractivity contribution is 7.98. The Morgan fingerprint density at radius 2 is 1.02 bits per heavy atom.